The van der Waals surface area contributed by atoms with Crippen LogP contribution in [0.25, 0.3) is 0 Å². The highest BCUT2D eigenvalue weighted by Gasteiger charge is 2.33. The Kier molecular flexibility index (Phi) is 9.09. The number of amides is 2. The molecule has 11 heteroatoms. The average molecular weight is 515 g/mol. The number of urea groups is 1. The van der Waals surface area contributed by atoms with E-state index < -0.39 is 18.0 Å². The Morgan fingerprint density at radius 3 is 2.39 bits per heavy atom. The first-order valence-electron chi connectivity index (χ1n) is 11.1. The molecule has 0 saturated carbocycles. The number of nitrogens with one attached hydrogen (secondary N) is 3. The lowest BCUT2D eigenvalue weighted by Crippen LogP contribution is -2.46. The molecule has 1 unspecified atom stereocenters. The first-order valence-corrected chi connectivity index (χ1v) is 11.5. The van der Waals surface area contributed by atoms with Crippen LogP contribution in [0, 0.1) is 0 Å². The van der Waals surface area contributed by atoms with Crippen LogP contribution >= 0.6 is 12.2 Å². The first-order chi connectivity index (χ1) is 17.3. The number of allylic oxidation sites excluding steroid dienone is 1. The van der Waals surface area contributed by atoms with Crippen molar-refractivity contribution in [3.63, 3.8) is 0 Å². The monoisotopic (exact) mass is 514 g/mol. The second-order valence-electron chi connectivity index (χ2n) is 7.84. The van der Waals surface area contributed by atoms with Gasteiger partial charge >= 0.3 is 12.0 Å². The molecule has 10 nitrogen and oxygen atoms in total. The van der Waals surface area contributed by atoms with Crippen LogP contribution in [0.15, 0.2) is 53.7 Å². The summed E-state index contributed by atoms with van der Waals surface area (Å²) in [5.41, 5.74) is 2.98. The predicted molar refractivity (Wildman–Crippen MR) is 140 cm³/mol. The summed E-state index contributed by atoms with van der Waals surface area (Å²) >= 11 is 5.43. The van der Waals surface area contributed by atoms with Crippen molar-refractivity contribution in [3.8, 4) is 11.5 Å². The number of methoxy groups -OCH3 is 3. The number of thiocarbonyl (C=S) groups is 1. The van der Waals surface area contributed by atoms with Gasteiger partial charge in [0.25, 0.3) is 0 Å². The van der Waals surface area contributed by atoms with Crippen LogP contribution in [0.2, 0.25) is 0 Å². The number of hydrogen-bond donors (Lipinski definition) is 3. The SMILES string of the molecule is COCCOC(=O)C1=C(C)N(C)C(=S)NC1c1ccc(NC(=O)Nc2ccc(OC)cc2OC)cc1. The summed E-state index contributed by atoms with van der Waals surface area (Å²) in [5, 5.41) is 9.22. The Balaban J connectivity index is 1.74. The molecule has 1 aliphatic heterocycles. The summed E-state index contributed by atoms with van der Waals surface area (Å²) < 4.78 is 20.8. The van der Waals surface area contributed by atoms with Crippen molar-refractivity contribution in [2.24, 2.45) is 0 Å². The predicted octanol–water partition coefficient (Wildman–Crippen LogP) is 3.67. The zero-order valence-electron chi connectivity index (χ0n) is 20.8. The van der Waals surface area contributed by atoms with E-state index >= 15 is 0 Å². The van der Waals surface area contributed by atoms with E-state index in [0.29, 0.717) is 45.9 Å². The molecule has 0 fully saturated rings. The molecule has 36 heavy (non-hydrogen) atoms. The van der Waals surface area contributed by atoms with Crippen molar-refractivity contribution in [3.05, 3.63) is 59.3 Å². The van der Waals surface area contributed by atoms with Gasteiger partial charge in [0.1, 0.15) is 18.1 Å². The zero-order valence-corrected chi connectivity index (χ0v) is 21.7. The molecule has 0 saturated heterocycles. The van der Waals surface area contributed by atoms with Gasteiger partial charge in [-0.25, -0.2) is 9.59 Å². The first kappa shape index (κ1) is 26.8. The van der Waals surface area contributed by atoms with Gasteiger partial charge in [-0.2, -0.15) is 0 Å². The minimum atomic E-state index is -0.504. The van der Waals surface area contributed by atoms with E-state index in [1.165, 1.54) is 7.11 Å². The van der Waals surface area contributed by atoms with E-state index in [1.54, 1.807) is 56.5 Å². The third kappa shape index (κ3) is 6.23. The number of hydrogen-bond acceptors (Lipinski definition) is 7. The Morgan fingerprint density at radius 2 is 1.75 bits per heavy atom. The van der Waals surface area contributed by atoms with E-state index in [9.17, 15) is 9.59 Å². The standard InChI is InChI=1S/C25H30N4O6S/c1-15-21(23(30)35-13-12-32-3)22(28-25(36)29(15)2)16-6-8-17(9-7-16)26-24(31)27-19-11-10-18(33-4)14-20(19)34-5/h6-11,14,22H,12-13H2,1-5H3,(H,28,36)(H2,26,27,31). The third-order valence-electron chi connectivity index (χ3n) is 5.65. The molecule has 192 valence electrons. The summed E-state index contributed by atoms with van der Waals surface area (Å²) in [7, 11) is 6.39. The summed E-state index contributed by atoms with van der Waals surface area (Å²) in [6.07, 6.45) is 0. The largest absolute Gasteiger partial charge is 0.497 e. The lowest BCUT2D eigenvalue weighted by atomic mass is 9.95. The lowest BCUT2D eigenvalue weighted by molar-refractivity contribution is -0.140. The van der Waals surface area contributed by atoms with Crippen molar-refractivity contribution < 1.29 is 28.5 Å². The molecule has 2 amide bonds. The van der Waals surface area contributed by atoms with E-state index in [2.05, 4.69) is 16.0 Å². The van der Waals surface area contributed by atoms with Gasteiger partial charge in [-0.1, -0.05) is 12.1 Å². The molecule has 1 atom stereocenters. The molecule has 3 N–H and O–H groups in total. The fourth-order valence-electron chi connectivity index (χ4n) is 3.59. The highest BCUT2D eigenvalue weighted by Crippen LogP contribution is 2.32. The number of benzene rings is 2. The van der Waals surface area contributed by atoms with Crippen molar-refractivity contribution in [1.82, 2.24) is 10.2 Å². The summed E-state index contributed by atoms with van der Waals surface area (Å²) in [6, 6.07) is 11.2. The maximum absolute atomic E-state index is 12.9. The van der Waals surface area contributed by atoms with Crippen LogP contribution in [0.5, 0.6) is 11.5 Å². The Labute approximate surface area is 215 Å². The zero-order chi connectivity index (χ0) is 26.2. The second-order valence-corrected chi connectivity index (χ2v) is 8.22. The number of rotatable bonds is 9. The molecule has 0 radical (unpaired) electrons. The topological polar surface area (TPSA) is 110 Å². The Bertz CT molecular complexity index is 1150. The molecule has 3 rings (SSSR count). The van der Waals surface area contributed by atoms with Crippen LogP contribution in [-0.4, -0.2) is 63.6 Å². The maximum Gasteiger partial charge on any atom is 0.338 e. The quantitative estimate of drug-likeness (QED) is 0.262. The summed E-state index contributed by atoms with van der Waals surface area (Å²) in [5.74, 6) is 0.629. The van der Waals surface area contributed by atoms with Crippen LogP contribution in [0.4, 0.5) is 16.2 Å². The molecule has 1 aliphatic rings. The molecule has 0 spiro atoms. The van der Waals surface area contributed by atoms with E-state index in [1.807, 2.05) is 19.1 Å². The Morgan fingerprint density at radius 1 is 1.03 bits per heavy atom. The van der Waals surface area contributed by atoms with Crippen LogP contribution in [0.1, 0.15) is 18.5 Å². The fourth-order valence-corrected chi connectivity index (χ4v) is 3.85. The minimum Gasteiger partial charge on any atom is -0.497 e. The van der Waals surface area contributed by atoms with Crippen molar-refractivity contribution in [2.45, 2.75) is 13.0 Å². The van der Waals surface area contributed by atoms with Gasteiger partial charge in [0, 0.05) is 31.6 Å². The highest BCUT2D eigenvalue weighted by atomic mass is 32.1. The van der Waals surface area contributed by atoms with Gasteiger partial charge in [-0.15, -0.1) is 0 Å². The van der Waals surface area contributed by atoms with Crippen molar-refractivity contribution in [1.29, 1.82) is 0 Å². The van der Waals surface area contributed by atoms with Crippen molar-refractivity contribution >= 4 is 40.7 Å². The number of anilines is 2. The lowest BCUT2D eigenvalue weighted by Gasteiger charge is -2.35. The molecular weight excluding hydrogens is 484 g/mol. The normalized spacial score (nSPS) is 15.2. The molecular formula is C25H30N4O6S. The number of carbonyl (C=O) groups excluding carboxylic acids is 2. The fraction of sp³-hybridized carbons (Fsp3) is 0.320. The molecule has 2 aromatic carbocycles. The molecule has 0 aromatic heterocycles. The smallest absolute Gasteiger partial charge is 0.338 e. The number of esters is 1. The second kappa shape index (κ2) is 12.2. The summed E-state index contributed by atoms with van der Waals surface area (Å²) in [6.45, 7) is 2.26. The minimum absolute atomic E-state index is 0.143. The molecule has 0 aliphatic carbocycles. The van der Waals surface area contributed by atoms with E-state index in [4.69, 9.17) is 31.2 Å². The Hall–Kier alpha value is -3.83. The van der Waals surface area contributed by atoms with Gasteiger partial charge in [-0.05, 0) is 49.0 Å². The summed E-state index contributed by atoms with van der Waals surface area (Å²) in [4.78, 5) is 27.2. The van der Waals surface area contributed by atoms with Gasteiger partial charge in [0.2, 0.25) is 0 Å². The number of nitrogens with zero attached hydrogens (tertiary/aromatic N) is 1. The van der Waals surface area contributed by atoms with Gasteiger partial charge in [-0.3, -0.25) is 0 Å². The van der Waals surface area contributed by atoms with Gasteiger partial charge < -0.3 is 39.8 Å². The maximum atomic E-state index is 12.9. The van der Waals surface area contributed by atoms with E-state index in [-0.39, 0.29) is 6.61 Å². The van der Waals surface area contributed by atoms with Gasteiger partial charge in [0.05, 0.1) is 38.1 Å². The highest BCUT2D eigenvalue weighted by molar-refractivity contribution is 7.80. The van der Waals surface area contributed by atoms with Crippen LogP contribution in [0.3, 0.4) is 0 Å². The van der Waals surface area contributed by atoms with Crippen molar-refractivity contribution in [2.75, 3.05) is 52.2 Å². The number of ether oxygens (including phenoxy) is 4. The van der Waals surface area contributed by atoms with Crippen LogP contribution < -0.4 is 25.4 Å². The third-order valence-corrected chi connectivity index (χ3v) is 6.05. The molecule has 2 aromatic rings. The average Bonchev–Trinajstić information content (AvgIpc) is 2.87. The molecule has 0 bridgehead atoms. The van der Waals surface area contributed by atoms with Crippen LogP contribution in [-0.2, 0) is 14.3 Å². The van der Waals surface area contributed by atoms with Gasteiger partial charge in [0.15, 0.2) is 5.11 Å². The number of carbonyl (C=O) groups is 2. The van der Waals surface area contributed by atoms with E-state index in [0.717, 1.165) is 5.56 Å². The molecule has 1 heterocycles.